The minimum atomic E-state index is -0.383. The number of anilines is 2. The van der Waals surface area contributed by atoms with Crippen LogP contribution in [0, 0.1) is 5.82 Å². The van der Waals surface area contributed by atoms with Gasteiger partial charge in [0.2, 0.25) is 0 Å². The van der Waals surface area contributed by atoms with Crippen molar-refractivity contribution >= 4 is 22.9 Å². The van der Waals surface area contributed by atoms with Gasteiger partial charge in [0.1, 0.15) is 17.2 Å². The van der Waals surface area contributed by atoms with E-state index >= 15 is 0 Å². The molecule has 0 spiro atoms. The summed E-state index contributed by atoms with van der Waals surface area (Å²) in [5, 5.41) is 5.71. The van der Waals surface area contributed by atoms with Gasteiger partial charge in [-0.25, -0.2) is 4.39 Å². The van der Waals surface area contributed by atoms with Gasteiger partial charge >= 0.3 is 0 Å². The number of halogens is 1. The molecule has 0 atom stereocenters. The van der Waals surface area contributed by atoms with Gasteiger partial charge in [0.15, 0.2) is 11.6 Å². The lowest BCUT2D eigenvalue weighted by molar-refractivity contribution is -0.119. The molecule has 1 aromatic carbocycles. The molecule has 88 valence electrons. The Labute approximate surface area is 97.5 Å². The lowest BCUT2D eigenvalue weighted by atomic mass is 10.1. The number of hydrogen-bond donors (Lipinski definition) is 2. The molecule has 2 rings (SSSR count). The third-order valence-corrected chi connectivity index (χ3v) is 2.46. The number of benzene rings is 1. The van der Waals surface area contributed by atoms with Gasteiger partial charge in [0.25, 0.3) is 0 Å². The smallest absolute Gasteiger partial charge is 0.167 e. The van der Waals surface area contributed by atoms with Gasteiger partial charge in [-0.3, -0.25) is 9.59 Å². The fraction of sp³-hybridized carbons (Fsp3) is 0.167. The minimum Gasteiger partial charge on any atom is -0.339 e. The van der Waals surface area contributed by atoms with Crippen molar-refractivity contribution in [2.75, 3.05) is 10.6 Å². The molecule has 1 heterocycles. The van der Waals surface area contributed by atoms with Gasteiger partial charge in [-0.1, -0.05) is 0 Å². The van der Waals surface area contributed by atoms with E-state index in [0.29, 0.717) is 17.2 Å². The Morgan fingerprint density at radius 2 is 1.65 bits per heavy atom. The normalized spacial score (nSPS) is 12.5. The second kappa shape index (κ2) is 4.01. The maximum Gasteiger partial charge on any atom is 0.167 e. The molecule has 17 heavy (non-hydrogen) atoms. The minimum absolute atomic E-state index is 0.0570. The van der Waals surface area contributed by atoms with Gasteiger partial charge in [-0.15, -0.1) is 0 Å². The number of allylic oxidation sites excluding steroid dienone is 1. The maximum absolute atomic E-state index is 13.0. The van der Waals surface area contributed by atoms with Crippen LogP contribution in [0.5, 0.6) is 0 Å². The van der Waals surface area contributed by atoms with E-state index in [2.05, 4.69) is 10.6 Å². The van der Waals surface area contributed by atoms with Gasteiger partial charge in [0.05, 0.1) is 11.4 Å². The van der Waals surface area contributed by atoms with Crippen molar-refractivity contribution in [2.45, 2.75) is 13.8 Å². The molecule has 0 amide bonds. The van der Waals surface area contributed by atoms with Crippen LogP contribution < -0.4 is 10.6 Å². The maximum atomic E-state index is 13.0. The Hall–Kier alpha value is -2.17. The second-order valence-corrected chi connectivity index (χ2v) is 3.80. The van der Waals surface area contributed by atoms with Crippen LogP contribution in [-0.2, 0) is 9.59 Å². The van der Waals surface area contributed by atoms with E-state index in [-0.39, 0.29) is 23.0 Å². The zero-order chi connectivity index (χ0) is 12.6. The number of nitrogens with one attached hydrogen (secondary N) is 2. The molecule has 0 bridgehead atoms. The quantitative estimate of drug-likeness (QED) is 0.467. The van der Waals surface area contributed by atoms with Gasteiger partial charge in [-0.05, 0) is 32.0 Å². The first-order valence-electron chi connectivity index (χ1n) is 5.09. The molecule has 4 nitrogen and oxygen atoms in total. The third kappa shape index (κ3) is 2.04. The van der Waals surface area contributed by atoms with Gasteiger partial charge < -0.3 is 10.6 Å². The highest BCUT2D eigenvalue weighted by Crippen LogP contribution is 2.32. The summed E-state index contributed by atoms with van der Waals surface area (Å²) >= 11 is 0. The molecule has 5 heteroatoms. The van der Waals surface area contributed by atoms with Crippen molar-refractivity contribution in [1.82, 2.24) is 0 Å². The molecule has 0 aliphatic carbocycles. The van der Waals surface area contributed by atoms with E-state index in [1.54, 1.807) is 6.07 Å². The van der Waals surface area contributed by atoms with E-state index in [1.165, 1.54) is 26.0 Å². The van der Waals surface area contributed by atoms with Crippen LogP contribution in [0.25, 0.3) is 0 Å². The van der Waals surface area contributed by atoms with Crippen LogP contribution in [0.15, 0.2) is 29.6 Å². The highest BCUT2D eigenvalue weighted by Gasteiger charge is 2.22. The number of carbonyl (C=O) groups excluding carboxylic acids is 2. The summed E-state index contributed by atoms with van der Waals surface area (Å²) in [6.07, 6.45) is 0. The van der Waals surface area contributed by atoms with Crippen LogP contribution in [0.2, 0.25) is 0 Å². The zero-order valence-corrected chi connectivity index (χ0v) is 9.43. The SMILES string of the molecule is CC(=O)C(C(C)=O)=C1Nc2ccc(F)cc2N1. The third-order valence-electron chi connectivity index (χ3n) is 2.46. The lowest BCUT2D eigenvalue weighted by Gasteiger charge is -2.05. The summed E-state index contributed by atoms with van der Waals surface area (Å²) in [4.78, 5) is 22.7. The average Bonchev–Trinajstić information content (AvgIpc) is 2.58. The van der Waals surface area contributed by atoms with Crippen molar-refractivity contribution in [2.24, 2.45) is 0 Å². The van der Waals surface area contributed by atoms with E-state index in [4.69, 9.17) is 0 Å². The topological polar surface area (TPSA) is 58.2 Å². The van der Waals surface area contributed by atoms with Crippen LogP contribution in [-0.4, -0.2) is 11.6 Å². The Balaban J connectivity index is 2.45. The number of rotatable bonds is 2. The lowest BCUT2D eigenvalue weighted by Crippen LogP contribution is -2.15. The molecule has 1 aromatic rings. The fourth-order valence-corrected chi connectivity index (χ4v) is 1.75. The first-order chi connectivity index (χ1) is 7.99. The van der Waals surface area contributed by atoms with Crippen molar-refractivity contribution in [1.29, 1.82) is 0 Å². The standard InChI is InChI=1S/C12H11FN2O2/c1-6(16)11(7(2)17)12-14-9-4-3-8(13)5-10(9)15-12/h3-5,14-15H,1-2H3. The Morgan fingerprint density at radius 1 is 1.06 bits per heavy atom. The molecule has 0 fully saturated rings. The Kier molecular flexibility index (Phi) is 2.67. The van der Waals surface area contributed by atoms with Crippen LogP contribution in [0.1, 0.15) is 13.8 Å². The number of carbonyl (C=O) groups is 2. The van der Waals surface area contributed by atoms with Crippen molar-refractivity contribution in [3.63, 3.8) is 0 Å². The molecule has 0 aromatic heterocycles. The van der Waals surface area contributed by atoms with Crippen molar-refractivity contribution in [3.05, 3.63) is 35.4 Å². The van der Waals surface area contributed by atoms with E-state index in [1.807, 2.05) is 0 Å². The molecule has 0 radical (unpaired) electrons. The van der Waals surface area contributed by atoms with Crippen LogP contribution >= 0.6 is 0 Å². The van der Waals surface area contributed by atoms with Crippen molar-refractivity contribution < 1.29 is 14.0 Å². The summed E-state index contributed by atoms with van der Waals surface area (Å²) in [5.41, 5.74) is 1.21. The summed E-state index contributed by atoms with van der Waals surface area (Å²) in [6.45, 7) is 2.63. The highest BCUT2D eigenvalue weighted by atomic mass is 19.1. The summed E-state index contributed by atoms with van der Waals surface area (Å²) in [6, 6.07) is 4.15. The molecular weight excluding hydrogens is 223 g/mol. The number of fused-ring (bicyclic) bond motifs is 1. The Bertz CT molecular complexity index is 533. The van der Waals surface area contributed by atoms with Gasteiger partial charge in [-0.2, -0.15) is 0 Å². The van der Waals surface area contributed by atoms with E-state index in [9.17, 15) is 14.0 Å². The predicted molar refractivity (Wildman–Crippen MR) is 62.0 cm³/mol. The molecule has 1 aliphatic heterocycles. The summed E-state index contributed by atoms with van der Waals surface area (Å²) in [7, 11) is 0. The molecule has 1 aliphatic rings. The first-order valence-corrected chi connectivity index (χ1v) is 5.09. The molecule has 0 unspecified atom stereocenters. The number of hydrogen-bond acceptors (Lipinski definition) is 4. The summed E-state index contributed by atoms with van der Waals surface area (Å²) in [5.74, 6) is -0.737. The molecular formula is C12H11FN2O2. The van der Waals surface area contributed by atoms with Gasteiger partial charge in [0, 0.05) is 0 Å². The average molecular weight is 234 g/mol. The monoisotopic (exact) mass is 234 g/mol. The van der Waals surface area contributed by atoms with E-state index in [0.717, 1.165) is 0 Å². The first kappa shape index (κ1) is 11.3. The van der Waals surface area contributed by atoms with Crippen molar-refractivity contribution in [3.8, 4) is 0 Å². The summed E-state index contributed by atoms with van der Waals surface area (Å²) < 4.78 is 13.0. The molecule has 2 N–H and O–H groups in total. The number of Topliss-reactive ketones (excluding diaryl/α,β-unsaturated/α-hetero) is 2. The fourth-order valence-electron chi connectivity index (χ4n) is 1.75. The zero-order valence-electron chi connectivity index (χ0n) is 9.43. The molecule has 0 saturated heterocycles. The molecule has 0 saturated carbocycles. The highest BCUT2D eigenvalue weighted by molar-refractivity contribution is 6.20. The number of ketones is 2. The predicted octanol–water partition coefficient (Wildman–Crippen LogP) is 2.05. The Morgan fingerprint density at radius 3 is 2.24 bits per heavy atom. The van der Waals surface area contributed by atoms with E-state index < -0.39 is 0 Å². The van der Waals surface area contributed by atoms with Crippen LogP contribution in [0.3, 0.4) is 0 Å². The second-order valence-electron chi connectivity index (χ2n) is 3.80. The largest absolute Gasteiger partial charge is 0.339 e. The van der Waals surface area contributed by atoms with Crippen LogP contribution in [0.4, 0.5) is 15.8 Å².